The lowest BCUT2D eigenvalue weighted by molar-refractivity contribution is 0.233. The Morgan fingerprint density at radius 2 is 2.29 bits per heavy atom. The molecule has 0 spiro atoms. The molecule has 17 heavy (non-hydrogen) atoms. The molecule has 2 heterocycles. The molecule has 2 rings (SSSR count). The van der Waals surface area contributed by atoms with Crippen LogP contribution in [0.4, 0.5) is 5.82 Å². The Kier molecular flexibility index (Phi) is 3.54. The Morgan fingerprint density at radius 3 is 2.94 bits per heavy atom. The van der Waals surface area contributed by atoms with Crippen molar-refractivity contribution in [3.63, 3.8) is 0 Å². The maximum atomic E-state index is 5.71. The molecule has 5 nitrogen and oxygen atoms in total. The molecular weight excluding hydrogens is 234 g/mol. The average molecular weight is 251 g/mol. The standard InChI is InChI=1S/C11H17N5S/c1-8-7-16(6-5-15(8)2)11-9(10(12)17)3-4-13-14-11/h3-4,8H,5-7H2,1-2H3,(H2,12,17). The van der Waals surface area contributed by atoms with Gasteiger partial charge in [0.15, 0.2) is 5.82 Å². The summed E-state index contributed by atoms with van der Waals surface area (Å²) in [6.07, 6.45) is 1.62. The van der Waals surface area contributed by atoms with Gasteiger partial charge in [0, 0.05) is 25.7 Å². The smallest absolute Gasteiger partial charge is 0.161 e. The van der Waals surface area contributed by atoms with Crippen LogP contribution in [0.1, 0.15) is 12.5 Å². The van der Waals surface area contributed by atoms with E-state index in [-0.39, 0.29) is 0 Å². The first-order chi connectivity index (χ1) is 8.09. The summed E-state index contributed by atoms with van der Waals surface area (Å²) < 4.78 is 0. The number of hydrogen-bond donors (Lipinski definition) is 1. The van der Waals surface area contributed by atoms with Crippen LogP contribution >= 0.6 is 12.2 Å². The maximum Gasteiger partial charge on any atom is 0.161 e. The molecule has 1 aromatic heterocycles. The number of likely N-dealkylation sites (N-methyl/N-ethyl adjacent to an activating group) is 1. The molecular formula is C11H17N5S. The van der Waals surface area contributed by atoms with Crippen LogP contribution in [0.25, 0.3) is 0 Å². The molecule has 1 fully saturated rings. The summed E-state index contributed by atoms with van der Waals surface area (Å²) in [7, 11) is 2.13. The number of piperazine rings is 1. The van der Waals surface area contributed by atoms with E-state index < -0.39 is 0 Å². The van der Waals surface area contributed by atoms with Gasteiger partial charge in [-0.1, -0.05) is 12.2 Å². The van der Waals surface area contributed by atoms with Crippen molar-refractivity contribution in [1.82, 2.24) is 15.1 Å². The summed E-state index contributed by atoms with van der Waals surface area (Å²) in [4.78, 5) is 4.90. The number of hydrogen-bond acceptors (Lipinski definition) is 5. The first-order valence-electron chi connectivity index (χ1n) is 5.66. The predicted octanol–water partition coefficient (Wildman–Crippen LogP) is 0.251. The van der Waals surface area contributed by atoms with Gasteiger partial charge in [-0.25, -0.2) is 0 Å². The third-order valence-corrected chi connectivity index (χ3v) is 3.45. The fraction of sp³-hybridized carbons (Fsp3) is 0.545. The van der Waals surface area contributed by atoms with Crippen molar-refractivity contribution in [2.75, 3.05) is 31.6 Å². The van der Waals surface area contributed by atoms with Gasteiger partial charge in [-0.05, 0) is 20.0 Å². The summed E-state index contributed by atoms with van der Waals surface area (Å²) in [5.41, 5.74) is 6.52. The van der Waals surface area contributed by atoms with Crippen LogP contribution in [0.3, 0.4) is 0 Å². The van der Waals surface area contributed by atoms with Crippen molar-refractivity contribution in [1.29, 1.82) is 0 Å². The zero-order valence-corrected chi connectivity index (χ0v) is 10.9. The summed E-state index contributed by atoms with van der Waals surface area (Å²) in [5.74, 6) is 0.806. The second kappa shape index (κ2) is 4.93. The molecule has 0 aliphatic carbocycles. The van der Waals surface area contributed by atoms with Gasteiger partial charge in [-0.3, -0.25) is 0 Å². The number of nitrogens with two attached hydrogens (primary N) is 1. The van der Waals surface area contributed by atoms with E-state index in [0.29, 0.717) is 11.0 Å². The van der Waals surface area contributed by atoms with Crippen LogP contribution in [0, 0.1) is 0 Å². The Hall–Kier alpha value is -1.27. The molecule has 1 unspecified atom stereocenters. The van der Waals surface area contributed by atoms with E-state index in [9.17, 15) is 0 Å². The second-order valence-electron chi connectivity index (χ2n) is 4.41. The molecule has 0 bridgehead atoms. The molecule has 1 atom stereocenters. The molecule has 0 aromatic carbocycles. The molecule has 1 aromatic rings. The number of nitrogens with zero attached hydrogens (tertiary/aromatic N) is 4. The van der Waals surface area contributed by atoms with Crippen molar-refractivity contribution < 1.29 is 0 Å². The van der Waals surface area contributed by atoms with E-state index in [1.807, 2.05) is 6.07 Å². The third kappa shape index (κ3) is 2.53. The number of anilines is 1. The van der Waals surface area contributed by atoms with Gasteiger partial charge in [0.25, 0.3) is 0 Å². The highest BCUT2D eigenvalue weighted by atomic mass is 32.1. The molecule has 6 heteroatoms. The quantitative estimate of drug-likeness (QED) is 0.761. The van der Waals surface area contributed by atoms with E-state index in [1.165, 1.54) is 0 Å². The second-order valence-corrected chi connectivity index (χ2v) is 4.85. The predicted molar refractivity (Wildman–Crippen MR) is 72.2 cm³/mol. The molecule has 1 aliphatic heterocycles. The van der Waals surface area contributed by atoms with Crippen LogP contribution in [-0.2, 0) is 0 Å². The lowest BCUT2D eigenvalue weighted by atomic mass is 10.2. The van der Waals surface area contributed by atoms with Crippen molar-refractivity contribution in [2.45, 2.75) is 13.0 Å². The van der Waals surface area contributed by atoms with Gasteiger partial charge in [0.1, 0.15) is 4.99 Å². The summed E-state index contributed by atoms with van der Waals surface area (Å²) in [6, 6.07) is 2.32. The Labute approximate surface area is 107 Å². The van der Waals surface area contributed by atoms with Crippen LogP contribution < -0.4 is 10.6 Å². The van der Waals surface area contributed by atoms with Crippen molar-refractivity contribution in [3.05, 3.63) is 17.8 Å². The molecule has 1 saturated heterocycles. The highest BCUT2D eigenvalue weighted by Gasteiger charge is 2.23. The average Bonchev–Trinajstić information content (AvgIpc) is 2.32. The van der Waals surface area contributed by atoms with Crippen LogP contribution in [0.5, 0.6) is 0 Å². The number of aromatic nitrogens is 2. The van der Waals surface area contributed by atoms with Gasteiger partial charge in [0.05, 0.1) is 11.8 Å². The first-order valence-corrected chi connectivity index (χ1v) is 6.07. The monoisotopic (exact) mass is 251 g/mol. The van der Waals surface area contributed by atoms with Crippen molar-refractivity contribution in [2.24, 2.45) is 5.73 Å². The molecule has 0 radical (unpaired) electrons. The fourth-order valence-corrected chi connectivity index (χ4v) is 2.15. The normalized spacial score (nSPS) is 21.5. The minimum atomic E-state index is 0.376. The SMILES string of the molecule is CC1CN(c2nnccc2C(N)=S)CCN1C. The van der Waals surface area contributed by atoms with Gasteiger partial charge in [-0.2, -0.15) is 5.10 Å². The van der Waals surface area contributed by atoms with E-state index >= 15 is 0 Å². The Balaban J connectivity index is 2.25. The Bertz CT molecular complexity index is 422. The van der Waals surface area contributed by atoms with Gasteiger partial charge < -0.3 is 15.5 Å². The highest BCUT2D eigenvalue weighted by molar-refractivity contribution is 7.80. The largest absolute Gasteiger partial charge is 0.389 e. The molecule has 2 N–H and O–H groups in total. The van der Waals surface area contributed by atoms with Gasteiger partial charge >= 0.3 is 0 Å². The molecule has 92 valence electrons. The minimum absolute atomic E-state index is 0.376. The third-order valence-electron chi connectivity index (χ3n) is 3.23. The van der Waals surface area contributed by atoms with E-state index in [0.717, 1.165) is 31.0 Å². The molecule has 0 saturated carbocycles. The van der Waals surface area contributed by atoms with E-state index in [2.05, 4.69) is 34.0 Å². The van der Waals surface area contributed by atoms with Gasteiger partial charge in [0.2, 0.25) is 0 Å². The summed E-state index contributed by atoms with van der Waals surface area (Å²) in [6.45, 7) is 5.05. The Morgan fingerprint density at radius 1 is 1.53 bits per heavy atom. The summed E-state index contributed by atoms with van der Waals surface area (Å²) >= 11 is 5.04. The lowest BCUT2D eigenvalue weighted by Gasteiger charge is -2.38. The zero-order valence-electron chi connectivity index (χ0n) is 10.1. The minimum Gasteiger partial charge on any atom is -0.389 e. The van der Waals surface area contributed by atoms with Crippen molar-refractivity contribution in [3.8, 4) is 0 Å². The highest BCUT2D eigenvalue weighted by Crippen LogP contribution is 2.19. The summed E-state index contributed by atoms with van der Waals surface area (Å²) in [5, 5.41) is 8.10. The lowest BCUT2D eigenvalue weighted by Crippen LogP contribution is -2.50. The molecule has 1 aliphatic rings. The van der Waals surface area contributed by atoms with Crippen LogP contribution in [0.15, 0.2) is 12.3 Å². The van der Waals surface area contributed by atoms with Crippen LogP contribution in [0.2, 0.25) is 0 Å². The van der Waals surface area contributed by atoms with Gasteiger partial charge in [-0.15, -0.1) is 5.10 Å². The first kappa shape index (κ1) is 12.2. The number of thiocarbonyl (C=S) groups is 1. The van der Waals surface area contributed by atoms with Crippen LogP contribution in [-0.4, -0.2) is 52.8 Å². The van der Waals surface area contributed by atoms with E-state index in [1.54, 1.807) is 6.20 Å². The van der Waals surface area contributed by atoms with Crippen molar-refractivity contribution >= 4 is 23.0 Å². The zero-order chi connectivity index (χ0) is 12.4. The topological polar surface area (TPSA) is 58.3 Å². The fourth-order valence-electron chi connectivity index (χ4n) is 1.99. The van der Waals surface area contributed by atoms with E-state index in [4.69, 9.17) is 18.0 Å². The number of rotatable bonds is 2. The molecule has 0 amide bonds. The maximum absolute atomic E-state index is 5.71.